The van der Waals surface area contributed by atoms with Gasteiger partial charge in [-0.1, -0.05) is 23.7 Å². The molecule has 1 aliphatic heterocycles. The molecule has 0 radical (unpaired) electrons. The first-order valence-corrected chi connectivity index (χ1v) is 8.79. The van der Waals surface area contributed by atoms with E-state index in [4.69, 9.17) is 25.8 Å². The topological polar surface area (TPSA) is 73.9 Å². The largest absolute Gasteiger partial charge is 0.485 e. The fourth-order valence-corrected chi connectivity index (χ4v) is 2.64. The summed E-state index contributed by atoms with van der Waals surface area (Å²) in [6, 6.07) is 9.23. The highest BCUT2D eigenvalue weighted by molar-refractivity contribution is 6.33. The lowest BCUT2D eigenvalue weighted by molar-refractivity contribution is -0.162. The molecule has 0 unspecified atom stereocenters. The van der Waals surface area contributed by atoms with E-state index in [-0.39, 0.29) is 17.3 Å². The van der Waals surface area contributed by atoms with Gasteiger partial charge in [0.1, 0.15) is 6.61 Å². The molecular weight excluding hydrogens is 415 g/mol. The van der Waals surface area contributed by atoms with E-state index >= 15 is 0 Å². The van der Waals surface area contributed by atoms with Crippen LogP contribution < -0.4 is 14.8 Å². The molecule has 1 heterocycles. The maximum atomic E-state index is 12.8. The van der Waals surface area contributed by atoms with E-state index in [9.17, 15) is 22.8 Å². The first kappa shape index (κ1) is 20.8. The Bertz CT molecular complexity index is 934. The average molecular weight is 430 g/mol. The van der Waals surface area contributed by atoms with Crippen LogP contribution in [0.15, 0.2) is 42.5 Å². The van der Waals surface area contributed by atoms with Crippen LogP contribution in [0.25, 0.3) is 0 Å². The maximum absolute atomic E-state index is 12.8. The van der Waals surface area contributed by atoms with Gasteiger partial charge >= 0.3 is 12.1 Å². The quantitative estimate of drug-likeness (QED) is 0.742. The average Bonchev–Trinajstić information content (AvgIpc) is 2.68. The summed E-state index contributed by atoms with van der Waals surface area (Å²) >= 11 is 5.84. The fourth-order valence-electron chi connectivity index (χ4n) is 2.47. The molecule has 10 heteroatoms. The fraction of sp³-hybridized carbons (Fsp3) is 0.263. The van der Waals surface area contributed by atoms with E-state index in [1.165, 1.54) is 6.92 Å². The summed E-state index contributed by atoms with van der Waals surface area (Å²) in [4.78, 5) is 24.5. The minimum absolute atomic E-state index is 0.0921. The van der Waals surface area contributed by atoms with Gasteiger partial charge in [0.15, 0.2) is 17.6 Å². The Balaban J connectivity index is 1.62. The molecule has 1 N–H and O–H groups in total. The van der Waals surface area contributed by atoms with Crippen molar-refractivity contribution in [1.29, 1.82) is 0 Å². The minimum Gasteiger partial charge on any atom is -0.485 e. The number of amides is 1. The van der Waals surface area contributed by atoms with Crippen LogP contribution in [-0.2, 0) is 20.5 Å². The highest BCUT2D eigenvalue weighted by Crippen LogP contribution is 2.34. The smallest absolute Gasteiger partial charge is 0.416 e. The second-order valence-electron chi connectivity index (χ2n) is 6.12. The third-order valence-electron chi connectivity index (χ3n) is 3.99. The van der Waals surface area contributed by atoms with Gasteiger partial charge in [-0.25, -0.2) is 4.79 Å². The van der Waals surface area contributed by atoms with Crippen molar-refractivity contribution < 1.29 is 37.0 Å². The Kier molecular flexibility index (Phi) is 5.88. The summed E-state index contributed by atoms with van der Waals surface area (Å²) in [7, 11) is 0. The van der Waals surface area contributed by atoms with E-state index in [0.717, 1.165) is 12.1 Å². The van der Waals surface area contributed by atoms with Gasteiger partial charge in [-0.15, -0.1) is 0 Å². The molecule has 0 saturated heterocycles. The van der Waals surface area contributed by atoms with E-state index in [0.29, 0.717) is 17.6 Å². The highest BCUT2D eigenvalue weighted by Gasteiger charge is 2.33. The van der Waals surface area contributed by atoms with E-state index < -0.39 is 35.8 Å². The van der Waals surface area contributed by atoms with Gasteiger partial charge in [0.05, 0.1) is 16.3 Å². The molecule has 0 bridgehead atoms. The lowest BCUT2D eigenvalue weighted by Crippen LogP contribution is -2.41. The van der Waals surface area contributed by atoms with Crippen LogP contribution >= 0.6 is 11.6 Å². The van der Waals surface area contributed by atoms with Crippen LogP contribution in [0.2, 0.25) is 5.02 Å². The number of nitrogens with one attached hydrogen (secondary N) is 1. The molecule has 6 nitrogen and oxygen atoms in total. The molecular formula is C19H15ClF3NO5. The van der Waals surface area contributed by atoms with Crippen LogP contribution in [0.3, 0.4) is 0 Å². The number of fused-ring (bicyclic) bond motifs is 1. The maximum Gasteiger partial charge on any atom is 0.416 e. The Morgan fingerprint density at radius 1 is 1.21 bits per heavy atom. The summed E-state index contributed by atoms with van der Waals surface area (Å²) in [6.45, 7) is 1.16. The third kappa shape index (κ3) is 4.92. The Morgan fingerprint density at radius 2 is 1.90 bits per heavy atom. The zero-order chi connectivity index (χ0) is 21.2. The lowest BCUT2D eigenvalue weighted by Gasteiger charge is -2.26. The summed E-state index contributed by atoms with van der Waals surface area (Å²) < 4.78 is 54.4. The molecule has 29 heavy (non-hydrogen) atoms. The number of ether oxygens (including phenoxy) is 3. The van der Waals surface area contributed by atoms with Gasteiger partial charge in [-0.2, -0.15) is 13.2 Å². The van der Waals surface area contributed by atoms with Gasteiger partial charge in [-0.3, -0.25) is 4.79 Å². The molecule has 0 aromatic heterocycles. The molecule has 0 saturated carbocycles. The summed E-state index contributed by atoms with van der Waals surface area (Å²) in [5.41, 5.74) is -1.23. The number of halogens is 4. The van der Waals surface area contributed by atoms with Gasteiger partial charge in [0.25, 0.3) is 5.91 Å². The molecule has 1 aliphatic rings. The third-order valence-corrected chi connectivity index (χ3v) is 4.31. The number of rotatable bonds is 4. The van der Waals surface area contributed by atoms with Crippen molar-refractivity contribution in [3.63, 3.8) is 0 Å². The standard InChI is InChI=1S/C19H15ClF3NO5/c1-10(17(25)24-13-8-11(19(21,22)23)6-7-12(13)20)28-18(26)16-9-27-14-4-2-3-5-15(14)29-16/h2-8,10,16H,9H2,1H3,(H,24,25)/t10-,16+/m0/s1. The van der Waals surface area contributed by atoms with Gasteiger partial charge < -0.3 is 19.5 Å². The number of para-hydroxylation sites is 2. The first-order chi connectivity index (χ1) is 13.6. The van der Waals surface area contributed by atoms with Gasteiger partial charge in [0.2, 0.25) is 6.10 Å². The minimum atomic E-state index is -4.60. The lowest BCUT2D eigenvalue weighted by atomic mass is 10.2. The summed E-state index contributed by atoms with van der Waals surface area (Å²) in [5.74, 6) is -0.871. The normalized spacial score (nSPS) is 16.7. The Hall–Kier alpha value is -2.94. The number of carbonyl (C=O) groups is 2. The Labute approximate surface area is 168 Å². The van der Waals surface area contributed by atoms with Crippen molar-refractivity contribution in [3.8, 4) is 11.5 Å². The van der Waals surface area contributed by atoms with Crippen LogP contribution in [0.1, 0.15) is 12.5 Å². The van der Waals surface area contributed by atoms with E-state index in [1.807, 2.05) is 0 Å². The zero-order valence-electron chi connectivity index (χ0n) is 15.0. The molecule has 2 aromatic rings. The molecule has 0 fully saturated rings. The molecule has 154 valence electrons. The predicted octanol–water partition coefficient (Wildman–Crippen LogP) is 4.07. The number of benzene rings is 2. The highest BCUT2D eigenvalue weighted by atomic mass is 35.5. The molecule has 2 atom stereocenters. The van der Waals surface area contributed by atoms with Gasteiger partial charge in [0, 0.05) is 0 Å². The van der Waals surface area contributed by atoms with Crippen molar-refractivity contribution in [3.05, 3.63) is 53.1 Å². The number of hydrogen-bond donors (Lipinski definition) is 1. The van der Waals surface area contributed by atoms with E-state index in [2.05, 4.69) is 5.32 Å². The second kappa shape index (κ2) is 8.20. The first-order valence-electron chi connectivity index (χ1n) is 8.41. The molecule has 1 amide bonds. The number of hydrogen-bond acceptors (Lipinski definition) is 5. The van der Waals surface area contributed by atoms with Crippen LogP contribution in [0.4, 0.5) is 18.9 Å². The van der Waals surface area contributed by atoms with Crippen molar-refractivity contribution in [2.24, 2.45) is 0 Å². The number of alkyl halides is 3. The number of esters is 1. The van der Waals surface area contributed by atoms with Crippen molar-refractivity contribution >= 4 is 29.2 Å². The van der Waals surface area contributed by atoms with Crippen molar-refractivity contribution in [2.75, 3.05) is 11.9 Å². The number of carbonyl (C=O) groups excluding carboxylic acids is 2. The molecule has 0 aliphatic carbocycles. The molecule has 2 aromatic carbocycles. The summed E-state index contributed by atoms with van der Waals surface area (Å²) in [5, 5.41) is 2.13. The van der Waals surface area contributed by atoms with Crippen LogP contribution in [0.5, 0.6) is 11.5 Å². The van der Waals surface area contributed by atoms with E-state index in [1.54, 1.807) is 24.3 Å². The number of anilines is 1. The SMILES string of the molecule is C[C@H](OC(=O)[C@H]1COc2ccccc2O1)C(=O)Nc1cc(C(F)(F)F)ccc1Cl. The molecule has 3 rings (SSSR count). The van der Waals surface area contributed by atoms with Gasteiger partial charge in [-0.05, 0) is 37.3 Å². The van der Waals surface area contributed by atoms with Crippen LogP contribution in [-0.4, -0.2) is 30.7 Å². The molecule has 0 spiro atoms. The van der Waals surface area contributed by atoms with Crippen LogP contribution in [0, 0.1) is 0 Å². The second-order valence-corrected chi connectivity index (χ2v) is 6.53. The predicted molar refractivity (Wildman–Crippen MR) is 97.0 cm³/mol. The van der Waals surface area contributed by atoms with Crippen molar-refractivity contribution in [1.82, 2.24) is 0 Å². The summed E-state index contributed by atoms with van der Waals surface area (Å²) in [6.07, 6.45) is -7.00. The Morgan fingerprint density at radius 3 is 2.59 bits per heavy atom. The van der Waals surface area contributed by atoms with Crippen molar-refractivity contribution in [2.45, 2.75) is 25.3 Å². The monoisotopic (exact) mass is 429 g/mol. The zero-order valence-corrected chi connectivity index (χ0v) is 15.7.